The fourth-order valence-corrected chi connectivity index (χ4v) is 6.31. The highest BCUT2D eigenvalue weighted by Crippen LogP contribution is 2.38. The molecule has 0 N–H and O–H groups in total. The zero-order valence-electron chi connectivity index (χ0n) is 27.3. The van der Waals surface area contributed by atoms with Crippen LogP contribution in [0.3, 0.4) is 0 Å². The van der Waals surface area contributed by atoms with E-state index in [4.69, 9.17) is 25.8 Å². The minimum atomic E-state index is -1.01. The number of halogens is 1. The van der Waals surface area contributed by atoms with Crippen LogP contribution in [0.4, 0.5) is 11.4 Å². The number of anilines is 2. The molecule has 2 saturated heterocycles. The smallest absolute Gasteiger partial charge is 0.350 e. The Kier molecular flexibility index (Phi) is 8.95. The van der Waals surface area contributed by atoms with Crippen LogP contribution in [0, 0.1) is 0 Å². The molecule has 13 heteroatoms. The van der Waals surface area contributed by atoms with Crippen LogP contribution in [0.25, 0.3) is 5.69 Å². The molecular formula is C35H39ClN8O4. The van der Waals surface area contributed by atoms with E-state index in [0.29, 0.717) is 24.7 Å². The van der Waals surface area contributed by atoms with Crippen molar-refractivity contribution in [1.82, 2.24) is 29.1 Å². The van der Waals surface area contributed by atoms with Crippen molar-refractivity contribution >= 4 is 23.0 Å². The third-order valence-electron chi connectivity index (χ3n) is 8.97. The Morgan fingerprint density at radius 3 is 2.10 bits per heavy atom. The van der Waals surface area contributed by atoms with Crippen molar-refractivity contribution in [1.29, 1.82) is 0 Å². The Hall–Kier alpha value is -4.65. The molecule has 7 rings (SSSR count). The average Bonchev–Trinajstić information content (AvgIpc) is 3.83. The molecule has 0 amide bonds. The fraction of sp³-hybridized carbons (Fsp3) is 0.371. The van der Waals surface area contributed by atoms with E-state index in [1.807, 2.05) is 74.0 Å². The van der Waals surface area contributed by atoms with Crippen LogP contribution in [0.1, 0.15) is 31.3 Å². The average molecular weight is 671 g/mol. The van der Waals surface area contributed by atoms with E-state index in [9.17, 15) is 4.79 Å². The third kappa shape index (κ3) is 6.55. The monoisotopic (exact) mass is 670 g/mol. The van der Waals surface area contributed by atoms with Crippen LogP contribution in [0.2, 0.25) is 5.02 Å². The summed E-state index contributed by atoms with van der Waals surface area (Å²) in [7, 11) is 1.90. The largest absolute Gasteiger partial charge is 0.491 e. The van der Waals surface area contributed by atoms with E-state index in [1.165, 1.54) is 4.68 Å². The molecule has 2 fully saturated rings. The highest BCUT2D eigenvalue weighted by atomic mass is 35.5. The molecule has 48 heavy (non-hydrogen) atoms. The molecule has 2 atom stereocenters. The molecule has 5 aromatic rings. The lowest BCUT2D eigenvalue weighted by molar-refractivity contribution is -0.179. The van der Waals surface area contributed by atoms with Gasteiger partial charge in [-0.25, -0.2) is 4.79 Å². The normalized spacial score (nSPS) is 19.7. The maximum atomic E-state index is 12.6. The Morgan fingerprint density at radius 2 is 1.52 bits per heavy atom. The molecule has 250 valence electrons. The van der Waals surface area contributed by atoms with Crippen molar-refractivity contribution in [3.05, 3.63) is 112 Å². The van der Waals surface area contributed by atoms with E-state index in [-0.39, 0.29) is 17.8 Å². The van der Waals surface area contributed by atoms with Crippen molar-refractivity contribution in [2.45, 2.75) is 38.2 Å². The minimum absolute atomic E-state index is 0.0659. The molecule has 0 spiro atoms. The van der Waals surface area contributed by atoms with Gasteiger partial charge in [0.05, 0.1) is 18.7 Å². The number of piperazine rings is 1. The van der Waals surface area contributed by atoms with Gasteiger partial charge in [0.2, 0.25) is 5.79 Å². The summed E-state index contributed by atoms with van der Waals surface area (Å²) in [6.45, 7) is 8.24. The van der Waals surface area contributed by atoms with E-state index < -0.39 is 5.79 Å². The molecule has 0 saturated carbocycles. The lowest BCUT2D eigenvalue weighted by Gasteiger charge is -2.37. The number of ether oxygens (including phenoxy) is 3. The maximum Gasteiger partial charge on any atom is 0.350 e. The first-order valence-corrected chi connectivity index (χ1v) is 16.6. The summed E-state index contributed by atoms with van der Waals surface area (Å²) in [6.07, 6.45) is 3.39. The third-order valence-corrected chi connectivity index (χ3v) is 9.22. The molecule has 0 bridgehead atoms. The van der Waals surface area contributed by atoms with Gasteiger partial charge in [-0.15, -0.1) is 10.2 Å². The second-order valence-electron chi connectivity index (χ2n) is 12.5. The first-order valence-electron chi connectivity index (χ1n) is 16.2. The molecule has 2 unspecified atom stereocenters. The van der Waals surface area contributed by atoms with E-state index >= 15 is 0 Å². The summed E-state index contributed by atoms with van der Waals surface area (Å²) in [6, 6.07) is 23.8. The Bertz CT molecular complexity index is 1880. The minimum Gasteiger partial charge on any atom is -0.491 e. The van der Waals surface area contributed by atoms with Crippen LogP contribution in [-0.2, 0) is 28.7 Å². The zero-order chi connectivity index (χ0) is 33.3. The van der Waals surface area contributed by atoms with Crippen LogP contribution in [0.5, 0.6) is 5.75 Å². The number of nitrogens with zero attached hydrogens (tertiary/aromatic N) is 8. The SMILES string of the molecule is CC(C)n1cnn(-c2ccc(N3CCN(c4ccc(OCC5COC(Cc6nncn6C)(c6ccc(Cl)cc6)O5)cc4)CC3)cc2)c1=O. The van der Waals surface area contributed by atoms with E-state index in [0.717, 1.165) is 60.4 Å². The van der Waals surface area contributed by atoms with E-state index in [2.05, 4.69) is 49.4 Å². The molecule has 2 aliphatic heterocycles. The quantitative estimate of drug-likeness (QED) is 0.211. The second kappa shape index (κ2) is 13.5. The molecule has 2 aromatic heterocycles. The second-order valence-corrected chi connectivity index (χ2v) is 12.9. The van der Waals surface area contributed by atoms with Gasteiger partial charge in [0, 0.05) is 61.2 Å². The topological polar surface area (TPSA) is 105 Å². The highest BCUT2D eigenvalue weighted by Gasteiger charge is 2.44. The first-order chi connectivity index (χ1) is 23.3. The molecule has 3 aromatic carbocycles. The van der Waals surface area contributed by atoms with Crippen molar-refractivity contribution in [2.24, 2.45) is 7.05 Å². The number of rotatable bonds is 10. The van der Waals surface area contributed by atoms with Gasteiger partial charge >= 0.3 is 5.69 Å². The Balaban J connectivity index is 0.925. The molecule has 0 radical (unpaired) electrons. The molecule has 2 aliphatic rings. The lowest BCUT2D eigenvalue weighted by Crippen LogP contribution is -2.46. The lowest BCUT2D eigenvalue weighted by atomic mass is 10.0. The molecular weight excluding hydrogens is 632 g/mol. The molecule has 4 heterocycles. The molecule has 12 nitrogen and oxygen atoms in total. The van der Waals surface area contributed by atoms with Crippen molar-refractivity contribution in [2.75, 3.05) is 49.2 Å². The van der Waals surface area contributed by atoms with Crippen molar-refractivity contribution in [3.63, 3.8) is 0 Å². The Labute approximate surface area is 284 Å². The van der Waals surface area contributed by atoms with Crippen molar-refractivity contribution < 1.29 is 14.2 Å². The predicted molar refractivity (Wildman–Crippen MR) is 183 cm³/mol. The van der Waals surface area contributed by atoms with Gasteiger partial charge in [0.1, 0.15) is 36.9 Å². The first kappa shape index (κ1) is 31.9. The highest BCUT2D eigenvalue weighted by molar-refractivity contribution is 6.30. The summed E-state index contributed by atoms with van der Waals surface area (Å²) < 4.78 is 23.9. The van der Waals surface area contributed by atoms with Crippen LogP contribution in [-0.4, -0.2) is 74.6 Å². The number of aromatic nitrogens is 6. The zero-order valence-corrected chi connectivity index (χ0v) is 28.0. The van der Waals surface area contributed by atoms with Gasteiger partial charge in [0.25, 0.3) is 0 Å². The number of hydrogen-bond donors (Lipinski definition) is 0. The fourth-order valence-electron chi connectivity index (χ4n) is 6.19. The number of hydrogen-bond acceptors (Lipinski definition) is 9. The van der Waals surface area contributed by atoms with Gasteiger partial charge < -0.3 is 28.6 Å². The summed E-state index contributed by atoms with van der Waals surface area (Å²) in [5.41, 5.74) is 3.79. The summed E-state index contributed by atoms with van der Waals surface area (Å²) in [5, 5.41) is 13.2. The number of benzene rings is 3. The van der Waals surface area contributed by atoms with Gasteiger partial charge in [-0.1, -0.05) is 23.7 Å². The maximum absolute atomic E-state index is 12.6. The predicted octanol–water partition coefficient (Wildman–Crippen LogP) is 4.61. The van der Waals surface area contributed by atoms with Crippen molar-refractivity contribution in [3.8, 4) is 11.4 Å². The van der Waals surface area contributed by atoms with Gasteiger partial charge in [-0.2, -0.15) is 9.78 Å². The van der Waals surface area contributed by atoms with Crippen LogP contribution < -0.4 is 20.2 Å². The Morgan fingerprint density at radius 1 is 0.896 bits per heavy atom. The standard InChI is InChI=1S/C35H39ClN8O4/c1-25(2)43-24-38-44(34(43)45)30-10-8-28(9-11-30)41-16-18-42(19-17-41)29-12-14-31(15-13-29)46-21-32-22-47-35(48-32,20-33-39-37-23-40(33)3)26-4-6-27(36)7-5-26/h4-15,23-25,32H,16-22H2,1-3H3. The molecule has 0 aliphatic carbocycles. The summed E-state index contributed by atoms with van der Waals surface area (Å²) >= 11 is 6.16. The van der Waals surface area contributed by atoms with Gasteiger partial charge in [0.15, 0.2) is 0 Å². The van der Waals surface area contributed by atoms with E-state index in [1.54, 1.807) is 17.2 Å². The van der Waals surface area contributed by atoms with Gasteiger partial charge in [-0.3, -0.25) is 4.57 Å². The summed E-state index contributed by atoms with van der Waals surface area (Å²) in [4.78, 5) is 17.4. The van der Waals surface area contributed by atoms with Crippen LogP contribution >= 0.6 is 11.6 Å². The van der Waals surface area contributed by atoms with Gasteiger partial charge in [-0.05, 0) is 74.5 Å². The van der Waals surface area contributed by atoms with Crippen LogP contribution in [0.15, 0.2) is 90.2 Å². The summed E-state index contributed by atoms with van der Waals surface area (Å²) in [5.74, 6) is 0.518. The number of aryl methyl sites for hydroxylation is 1.